The van der Waals surface area contributed by atoms with Crippen LogP contribution in [0.1, 0.15) is 6.92 Å². The molecule has 0 N–H and O–H groups in total. The van der Waals surface area contributed by atoms with Crippen molar-refractivity contribution < 1.29 is 9.59 Å². The molecule has 0 fully saturated rings. The van der Waals surface area contributed by atoms with E-state index in [1.165, 1.54) is 16.7 Å². The summed E-state index contributed by atoms with van der Waals surface area (Å²) < 4.78 is 0. The van der Waals surface area contributed by atoms with E-state index >= 15 is 0 Å². The molecule has 0 aliphatic carbocycles. The molecule has 0 spiro atoms. The Morgan fingerprint density at radius 1 is 1.18 bits per heavy atom. The molecule has 0 aromatic rings. The molecule has 0 aromatic carbocycles. The fourth-order valence-corrected chi connectivity index (χ4v) is 0. The molecule has 0 saturated carbocycles. The normalized spacial score (nSPS) is 7.36. The molecular weight excluding hydrogens is 144 g/mol. The lowest BCUT2D eigenvalue weighted by molar-refractivity contribution is -0.126. The van der Waals surface area contributed by atoms with Gasteiger partial charge in [-0.05, 0) is 0 Å². The third-order valence-electron chi connectivity index (χ3n) is 0.841. The summed E-state index contributed by atoms with van der Waals surface area (Å²) in [5.74, 6) is 0.0926. The molecule has 0 bridgehead atoms. The first-order chi connectivity index (χ1) is 4.91. The van der Waals surface area contributed by atoms with Crippen LogP contribution in [0.3, 0.4) is 0 Å². The van der Waals surface area contributed by atoms with Crippen molar-refractivity contribution in [3.05, 3.63) is 0 Å². The van der Waals surface area contributed by atoms with Crippen LogP contribution in [0.4, 0.5) is 0 Å². The molecule has 0 radical (unpaired) electrons. The van der Waals surface area contributed by atoms with E-state index in [0.29, 0.717) is 0 Å². The molecule has 0 rings (SSSR count). The SMILES string of the molecule is CC(=O)N(C)C.CN(C)C=O. The van der Waals surface area contributed by atoms with Gasteiger partial charge in [0.2, 0.25) is 12.3 Å². The van der Waals surface area contributed by atoms with Crippen LogP contribution >= 0.6 is 0 Å². The maximum absolute atomic E-state index is 10.1. The average molecular weight is 160 g/mol. The van der Waals surface area contributed by atoms with E-state index in [4.69, 9.17) is 0 Å². The molecule has 0 aliphatic heterocycles. The van der Waals surface area contributed by atoms with E-state index in [2.05, 4.69) is 0 Å². The Balaban J connectivity index is 0. The third kappa shape index (κ3) is 17.6. The van der Waals surface area contributed by atoms with Crippen LogP contribution in [0.2, 0.25) is 0 Å². The van der Waals surface area contributed by atoms with Crippen molar-refractivity contribution in [1.29, 1.82) is 0 Å². The van der Waals surface area contributed by atoms with E-state index in [0.717, 1.165) is 6.41 Å². The molecule has 0 aromatic heterocycles. The molecule has 2 amide bonds. The lowest BCUT2D eigenvalue weighted by Crippen LogP contribution is -2.17. The third-order valence-corrected chi connectivity index (χ3v) is 0.841. The maximum atomic E-state index is 10.1. The quantitative estimate of drug-likeness (QED) is 0.498. The van der Waals surface area contributed by atoms with Crippen LogP contribution in [0, 0.1) is 0 Å². The highest BCUT2D eigenvalue weighted by atomic mass is 16.2. The first-order valence-corrected chi connectivity index (χ1v) is 3.21. The first kappa shape index (κ1) is 12.6. The minimum absolute atomic E-state index is 0.0926. The highest BCUT2D eigenvalue weighted by Crippen LogP contribution is 1.69. The Labute approximate surface area is 67.8 Å². The molecule has 0 unspecified atom stereocenters. The smallest absolute Gasteiger partial charge is 0.218 e. The fourth-order valence-electron chi connectivity index (χ4n) is 0. The number of hydrogen-bond acceptors (Lipinski definition) is 2. The zero-order valence-electron chi connectivity index (χ0n) is 7.79. The van der Waals surface area contributed by atoms with Crippen molar-refractivity contribution >= 4 is 12.3 Å². The summed E-state index contributed by atoms with van der Waals surface area (Å²) >= 11 is 0. The monoisotopic (exact) mass is 160 g/mol. The van der Waals surface area contributed by atoms with Gasteiger partial charge in [0.05, 0.1) is 0 Å². The van der Waals surface area contributed by atoms with Gasteiger partial charge >= 0.3 is 0 Å². The molecule has 0 saturated heterocycles. The molecule has 0 heterocycles. The number of carbonyl (C=O) groups excluding carboxylic acids is 2. The highest BCUT2D eigenvalue weighted by Gasteiger charge is 1.87. The van der Waals surface area contributed by atoms with Gasteiger partial charge in [0.15, 0.2) is 0 Å². The number of hydrogen-bond donors (Lipinski definition) is 0. The van der Waals surface area contributed by atoms with E-state index in [-0.39, 0.29) is 5.91 Å². The number of rotatable bonds is 1. The maximum Gasteiger partial charge on any atom is 0.218 e. The molecule has 11 heavy (non-hydrogen) atoms. The molecular formula is C7H16N2O2. The van der Waals surface area contributed by atoms with E-state index < -0.39 is 0 Å². The van der Waals surface area contributed by atoms with Crippen LogP contribution in [0.25, 0.3) is 0 Å². The van der Waals surface area contributed by atoms with Gasteiger partial charge in [-0.2, -0.15) is 0 Å². The average Bonchev–Trinajstić information content (AvgIpc) is 1.89. The summed E-state index contributed by atoms with van der Waals surface area (Å²) in [5.41, 5.74) is 0. The van der Waals surface area contributed by atoms with Gasteiger partial charge in [-0.3, -0.25) is 9.59 Å². The minimum Gasteiger partial charge on any atom is -0.351 e. The van der Waals surface area contributed by atoms with Crippen molar-refractivity contribution in [2.24, 2.45) is 0 Å². The Kier molecular flexibility index (Phi) is 8.08. The molecule has 4 nitrogen and oxygen atoms in total. The topological polar surface area (TPSA) is 40.6 Å². The summed E-state index contributed by atoms with van der Waals surface area (Å²) in [4.78, 5) is 22.5. The molecule has 4 heteroatoms. The Bertz CT molecular complexity index is 122. The van der Waals surface area contributed by atoms with Gasteiger partial charge in [-0.15, -0.1) is 0 Å². The second kappa shape index (κ2) is 7.05. The second-order valence-corrected chi connectivity index (χ2v) is 2.48. The zero-order valence-corrected chi connectivity index (χ0v) is 7.79. The van der Waals surface area contributed by atoms with Crippen LogP contribution < -0.4 is 0 Å². The predicted molar refractivity (Wildman–Crippen MR) is 44.1 cm³/mol. The van der Waals surface area contributed by atoms with Gasteiger partial charge in [-0.1, -0.05) is 0 Å². The Morgan fingerprint density at radius 2 is 1.36 bits per heavy atom. The van der Waals surface area contributed by atoms with Gasteiger partial charge in [0, 0.05) is 35.1 Å². The van der Waals surface area contributed by atoms with Crippen LogP contribution in [0.5, 0.6) is 0 Å². The number of amides is 2. The lowest BCUT2D eigenvalue weighted by atomic mass is 10.7. The van der Waals surface area contributed by atoms with E-state index in [1.807, 2.05) is 0 Å². The van der Waals surface area contributed by atoms with Crippen molar-refractivity contribution in [2.75, 3.05) is 28.2 Å². The summed E-state index contributed by atoms with van der Waals surface area (Å²) in [6.07, 6.45) is 0.750. The van der Waals surface area contributed by atoms with Crippen LogP contribution in [-0.2, 0) is 9.59 Å². The fraction of sp³-hybridized carbons (Fsp3) is 0.714. The minimum atomic E-state index is 0.0926. The second-order valence-electron chi connectivity index (χ2n) is 2.48. The van der Waals surface area contributed by atoms with Gasteiger partial charge in [0.1, 0.15) is 0 Å². The number of carbonyl (C=O) groups is 2. The van der Waals surface area contributed by atoms with E-state index in [9.17, 15) is 9.59 Å². The highest BCUT2D eigenvalue weighted by molar-refractivity contribution is 5.72. The largest absolute Gasteiger partial charge is 0.351 e. The van der Waals surface area contributed by atoms with Gasteiger partial charge in [0.25, 0.3) is 0 Å². The molecule has 0 atom stereocenters. The van der Waals surface area contributed by atoms with Crippen molar-refractivity contribution in [3.63, 3.8) is 0 Å². The molecule has 66 valence electrons. The summed E-state index contributed by atoms with van der Waals surface area (Å²) in [6, 6.07) is 0. The zero-order chi connectivity index (χ0) is 9.44. The first-order valence-electron chi connectivity index (χ1n) is 3.21. The Morgan fingerprint density at radius 3 is 1.36 bits per heavy atom. The van der Waals surface area contributed by atoms with E-state index in [1.54, 1.807) is 28.2 Å². The van der Waals surface area contributed by atoms with Crippen LogP contribution in [-0.4, -0.2) is 50.3 Å². The van der Waals surface area contributed by atoms with Crippen LogP contribution in [0.15, 0.2) is 0 Å². The standard InChI is InChI=1S/C4H9NO.C3H7NO/c1-4(6)5(2)3;1-4(2)3-5/h1-3H3;3H,1-2H3. The Hall–Kier alpha value is -1.06. The summed E-state index contributed by atoms with van der Waals surface area (Å²) in [5, 5.41) is 0. The summed E-state index contributed by atoms with van der Waals surface area (Å²) in [7, 11) is 6.82. The van der Waals surface area contributed by atoms with Crippen molar-refractivity contribution in [2.45, 2.75) is 6.92 Å². The number of nitrogens with zero attached hydrogens (tertiary/aromatic N) is 2. The summed E-state index contributed by atoms with van der Waals surface area (Å²) in [6.45, 7) is 1.53. The van der Waals surface area contributed by atoms with Gasteiger partial charge in [-0.25, -0.2) is 0 Å². The van der Waals surface area contributed by atoms with Crippen molar-refractivity contribution in [1.82, 2.24) is 9.80 Å². The molecule has 0 aliphatic rings. The predicted octanol–water partition coefficient (Wildman–Crippen LogP) is -0.201. The lowest BCUT2D eigenvalue weighted by Gasteiger charge is -2.02. The van der Waals surface area contributed by atoms with Crippen molar-refractivity contribution in [3.8, 4) is 0 Å². The van der Waals surface area contributed by atoms with Gasteiger partial charge < -0.3 is 9.80 Å².